The summed E-state index contributed by atoms with van der Waals surface area (Å²) in [6, 6.07) is 21.0. The fourth-order valence-corrected chi connectivity index (χ4v) is 3.84. The van der Waals surface area contributed by atoms with Crippen LogP contribution in [0.5, 0.6) is 5.75 Å². The molecule has 1 heterocycles. The number of nitrogens with one attached hydrogen (secondary N) is 1. The Kier molecular flexibility index (Phi) is 5.76. The third-order valence-corrected chi connectivity index (χ3v) is 5.74. The number of likely N-dealkylation sites (tertiary alicyclic amines) is 1. The standard InChI is InChI=1S/C24H24N2O2S/c1-17-13-15-26(16-14-17)24(29)28-20-11-9-19(10-12-20)23(27)25-22-8-4-6-18-5-2-3-7-21(18)22/h2-12,17H,13-16H2,1H3,(H,25,27). The van der Waals surface area contributed by atoms with Crippen LogP contribution in [0.15, 0.2) is 66.7 Å². The van der Waals surface area contributed by atoms with E-state index in [1.807, 2.05) is 42.5 Å². The second-order valence-corrected chi connectivity index (χ2v) is 7.89. The van der Waals surface area contributed by atoms with Crippen LogP contribution in [0.1, 0.15) is 30.1 Å². The van der Waals surface area contributed by atoms with Crippen LogP contribution in [0, 0.1) is 5.92 Å². The number of anilines is 1. The van der Waals surface area contributed by atoms with Gasteiger partial charge in [-0.1, -0.05) is 43.3 Å². The maximum atomic E-state index is 12.7. The predicted molar refractivity (Wildman–Crippen MR) is 122 cm³/mol. The molecular weight excluding hydrogens is 380 g/mol. The van der Waals surface area contributed by atoms with Crippen molar-refractivity contribution in [3.05, 3.63) is 72.3 Å². The molecular formula is C24H24N2O2S. The van der Waals surface area contributed by atoms with E-state index in [2.05, 4.69) is 17.1 Å². The summed E-state index contributed by atoms with van der Waals surface area (Å²) in [7, 11) is 0. The Morgan fingerprint density at radius 1 is 1.00 bits per heavy atom. The average molecular weight is 405 g/mol. The van der Waals surface area contributed by atoms with Crippen molar-refractivity contribution < 1.29 is 9.53 Å². The normalized spacial score (nSPS) is 14.6. The van der Waals surface area contributed by atoms with Crippen molar-refractivity contribution in [3.8, 4) is 5.75 Å². The second-order valence-electron chi connectivity index (χ2n) is 7.54. The molecule has 29 heavy (non-hydrogen) atoms. The fraction of sp³-hybridized carbons (Fsp3) is 0.250. The summed E-state index contributed by atoms with van der Waals surface area (Å²) in [5.41, 5.74) is 1.37. The van der Waals surface area contributed by atoms with Gasteiger partial charge in [-0.3, -0.25) is 4.79 Å². The molecule has 0 atom stereocenters. The van der Waals surface area contributed by atoms with Gasteiger partial charge in [0.25, 0.3) is 11.1 Å². The highest BCUT2D eigenvalue weighted by atomic mass is 32.1. The molecule has 1 amide bonds. The first kappa shape index (κ1) is 19.4. The molecule has 1 aliphatic heterocycles. The molecule has 0 unspecified atom stereocenters. The predicted octanol–water partition coefficient (Wildman–Crippen LogP) is 5.49. The first-order valence-electron chi connectivity index (χ1n) is 9.96. The number of hydrogen-bond acceptors (Lipinski definition) is 3. The number of carbonyl (C=O) groups is 1. The van der Waals surface area contributed by atoms with E-state index in [1.165, 1.54) is 0 Å². The third kappa shape index (κ3) is 4.57. The van der Waals surface area contributed by atoms with E-state index in [9.17, 15) is 4.79 Å². The van der Waals surface area contributed by atoms with Gasteiger partial charge in [-0.25, -0.2) is 0 Å². The van der Waals surface area contributed by atoms with Gasteiger partial charge in [0.1, 0.15) is 5.75 Å². The average Bonchev–Trinajstić information content (AvgIpc) is 2.75. The minimum atomic E-state index is -0.152. The summed E-state index contributed by atoms with van der Waals surface area (Å²) in [6.07, 6.45) is 2.27. The molecule has 5 heteroatoms. The number of nitrogens with zero attached hydrogens (tertiary/aromatic N) is 1. The Bertz CT molecular complexity index is 1020. The monoisotopic (exact) mass is 404 g/mol. The lowest BCUT2D eigenvalue weighted by atomic mass is 10.00. The maximum absolute atomic E-state index is 12.7. The Hall–Kier alpha value is -2.92. The first-order chi connectivity index (χ1) is 14.1. The van der Waals surface area contributed by atoms with Gasteiger partial charge >= 0.3 is 0 Å². The molecule has 3 aromatic carbocycles. The number of rotatable bonds is 3. The molecule has 148 valence electrons. The van der Waals surface area contributed by atoms with E-state index >= 15 is 0 Å². The van der Waals surface area contributed by atoms with E-state index in [1.54, 1.807) is 24.3 Å². The van der Waals surface area contributed by atoms with Crippen molar-refractivity contribution in [2.45, 2.75) is 19.8 Å². The van der Waals surface area contributed by atoms with Crippen LogP contribution in [-0.2, 0) is 0 Å². The lowest BCUT2D eigenvalue weighted by Gasteiger charge is -2.31. The van der Waals surface area contributed by atoms with Crippen molar-refractivity contribution in [2.24, 2.45) is 5.92 Å². The molecule has 4 rings (SSSR count). The van der Waals surface area contributed by atoms with E-state index in [0.29, 0.717) is 16.5 Å². The van der Waals surface area contributed by atoms with Crippen LogP contribution in [0.4, 0.5) is 5.69 Å². The zero-order valence-corrected chi connectivity index (χ0v) is 17.2. The lowest BCUT2D eigenvalue weighted by molar-refractivity contribution is 0.102. The number of ether oxygens (including phenoxy) is 1. The number of fused-ring (bicyclic) bond motifs is 1. The number of carbonyl (C=O) groups excluding carboxylic acids is 1. The van der Waals surface area contributed by atoms with Crippen LogP contribution in [-0.4, -0.2) is 29.1 Å². The van der Waals surface area contributed by atoms with E-state index in [4.69, 9.17) is 17.0 Å². The lowest BCUT2D eigenvalue weighted by Crippen LogP contribution is -2.39. The molecule has 4 nitrogen and oxygen atoms in total. The SMILES string of the molecule is CC1CCN(C(=S)Oc2ccc(C(=O)Nc3cccc4ccccc34)cc2)CC1. The Morgan fingerprint density at radius 2 is 1.69 bits per heavy atom. The van der Waals surface area contributed by atoms with Gasteiger partial charge in [-0.2, -0.15) is 0 Å². The number of benzene rings is 3. The molecule has 1 fully saturated rings. The summed E-state index contributed by atoms with van der Waals surface area (Å²) < 4.78 is 5.83. The van der Waals surface area contributed by atoms with Gasteiger partial charge in [0.2, 0.25) is 0 Å². The zero-order chi connectivity index (χ0) is 20.2. The van der Waals surface area contributed by atoms with E-state index in [0.717, 1.165) is 48.3 Å². The van der Waals surface area contributed by atoms with Crippen LogP contribution in [0.25, 0.3) is 10.8 Å². The summed E-state index contributed by atoms with van der Waals surface area (Å²) in [4.78, 5) is 14.8. The second kappa shape index (κ2) is 8.62. The van der Waals surface area contributed by atoms with Gasteiger partial charge in [-0.05, 0) is 66.7 Å². The summed E-state index contributed by atoms with van der Waals surface area (Å²) in [6.45, 7) is 4.14. The molecule has 3 aromatic rings. The molecule has 0 aromatic heterocycles. The molecule has 1 aliphatic rings. The van der Waals surface area contributed by atoms with Crippen LogP contribution in [0.2, 0.25) is 0 Å². The largest absolute Gasteiger partial charge is 0.432 e. The highest BCUT2D eigenvalue weighted by Gasteiger charge is 2.19. The maximum Gasteiger partial charge on any atom is 0.264 e. The Morgan fingerprint density at radius 3 is 2.45 bits per heavy atom. The van der Waals surface area contributed by atoms with Gasteiger partial charge in [-0.15, -0.1) is 0 Å². The van der Waals surface area contributed by atoms with Crippen molar-refractivity contribution in [1.29, 1.82) is 0 Å². The van der Waals surface area contributed by atoms with Gasteiger partial charge in [0.05, 0.1) is 0 Å². The van der Waals surface area contributed by atoms with Crippen LogP contribution < -0.4 is 10.1 Å². The minimum absolute atomic E-state index is 0.152. The van der Waals surface area contributed by atoms with Crippen molar-refractivity contribution in [3.63, 3.8) is 0 Å². The highest BCUT2D eigenvalue weighted by molar-refractivity contribution is 7.80. The third-order valence-electron chi connectivity index (χ3n) is 5.40. The smallest absolute Gasteiger partial charge is 0.264 e. The molecule has 1 saturated heterocycles. The first-order valence-corrected chi connectivity index (χ1v) is 10.4. The number of thiocarbonyl (C=S) groups is 1. The summed E-state index contributed by atoms with van der Waals surface area (Å²) >= 11 is 5.44. The van der Waals surface area contributed by atoms with Gasteiger partial charge in [0.15, 0.2) is 0 Å². The molecule has 0 aliphatic carbocycles. The topological polar surface area (TPSA) is 41.6 Å². The Balaban J connectivity index is 1.41. The number of hydrogen-bond donors (Lipinski definition) is 1. The minimum Gasteiger partial charge on any atom is -0.432 e. The summed E-state index contributed by atoms with van der Waals surface area (Å²) in [5, 5.41) is 5.62. The number of amides is 1. The Labute approximate surface area is 176 Å². The molecule has 1 N–H and O–H groups in total. The molecule has 0 radical (unpaired) electrons. The van der Waals surface area contributed by atoms with Crippen LogP contribution in [0.3, 0.4) is 0 Å². The van der Waals surface area contributed by atoms with E-state index in [-0.39, 0.29) is 5.91 Å². The van der Waals surface area contributed by atoms with E-state index < -0.39 is 0 Å². The van der Waals surface area contributed by atoms with Crippen molar-refractivity contribution >= 4 is 39.8 Å². The van der Waals surface area contributed by atoms with Crippen molar-refractivity contribution in [1.82, 2.24) is 4.90 Å². The van der Waals surface area contributed by atoms with Crippen molar-refractivity contribution in [2.75, 3.05) is 18.4 Å². The number of piperidine rings is 1. The zero-order valence-electron chi connectivity index (χ0n) is 16.4. The quantitative estimate of drug-likeness (QED) is 0.586. The molecule has 0 saturated carbocycles. The summed E-state index contributed by atoms with van der Waals surface area (Å²) in [5.74, 6) is 1.24. The molecule has 0 bridgehead atoms. The van der Waals surface area contributed by atoms with Gasteiger partial charge in [0, 0.05) is 29.7 Å². The van der Waals surface area contributed by atoms with Crippen LogP contribution >= 0.6 is 12.2 Å². The fourth-order valence-electron chi connectivity index (χ4n) is 3.56. The highest BCUT2D eigenvalue weighted by Crippen LogP contribution is 2.24. The molecule has 0 spiro atoms. The van der Waals surface area contributed by atoms with Gasteiger partial charge < -0.3 is 15.0 Å².